The number of hydrogen-bond donors (Lipinski definition) is 1. The van der Waals surface area contributed by atoms with Crippen molar-refractivity contribution in [2.75, 3.05) is 18.0 Å². The second-order valence-electron chi connectivity index (χ2n) is 5.39. The van der Waals surface area contributed by atoms with Crippen LogP contribution in [0.1, 0.15) is 46.0 Å². The summed E-state index contributed by atoms with van der Waals surface area (Å²) in [5.41, 5.74) is 6.20. The van der Waals surface area contributed by atoms with Gasteiger partial charge in [-0.2, -0.15) is 0 Å². The van der Waals surface area contributed by atoms with Crippen molar-refractivity contribution >= 4 is 11.6 Å². The molecule has 0 unspecified atom stereocenters. The summed E-state index contributed by atoms with van der Waals surface area (Å²) in [7, 11) is 0. The minimum absolute atomic E-state index is 0.0149. The van der Waals surface area contributed by atoms with E-state index in [1.54, 1.807) is 17.0 Å². The highest BCUT2D eigenvalue weighted by Crippen LogP contribution is 2.23. The van der Waals surface area contributed by atoms with Crippen LogP contribution in [0.15, 0.2) is 24.3 Å². The molecule has 0 saturated heterocycles. The van der Waals surface area contributed by atoms with Crippen molar-refractivity contribution in [2.24, 2.45) is 11.7 Å². The Labute approximate surface area is 127 Å². The number of nitrogens with zero attached hydrogens (tertiary/aromatic N) is 1. The average Bonchev–Trinajstić information content (AvgIpc) is 2.47. The molecule has 0 aliphatic heterocycles. The zero-order valence-corrected chi connectivity index (χ0v) is 13.1. The lowest BCUT2D eigenvalue weighted by Gasteiger charge is -2.27. The van der Waals surface area contributed by atoms with Crippen molar-refractivity contribution in [2.45, 2.75) is 46.0 Å². The van der Waals surface area contributed by atoms with Gasteiger partial charge in [-0.25, -0.2) is 4.39 Å². The SMILES string of the molecule is CCCC(CCC)C(=O)N(CCCN)c1cccc(F)c1. The molecule has 0 aliphatic carbocycles. The number of rotatable bonds is 9. The number of hydrogen-bond acceptors (Lipinski definition) is 2. The molecule has 0 aromatic heterocycles. The van der Waals surface area contributed by atoms with Crippen LogP contribution >= 0.6 is 0 Å². The Morgan fingerprint density at radius 2 is 1.95 bits per heavy atom. The van der Waals surface area contributed by atoms with Crippen LogP contribution in [-0.4, -0.2) is 19.0 Å². The Balaban J connectivity index is 2.96. The Morgan fingerprint density at radius 1 is 1.29 bits per heavy atom. The molecular weight excluding hydrogens is 267 g/mol. The van der Waals surface area contributed by atoms with Crippen molar-refractivity contribution in [3.63, 3.8) is 0 Å². The molecule has 1 rings (SSSR count). The van der Waals surface area contributed by atoms with E-state index < -0.39 is 0 Å². The van der Waals surface area contributed by atoms with Crippen LogP contribution in [0.2, 0.25) is 0 Å². The summed E-state index contributed by atoms with van der Waals surface area (Å²) in [6.07, 6.45) is 4.42. The molecule has 118 valence electrons. The van der Waals surface area contributed by atoms with E-state index in [1.807, 2.05) is 0 Å². The Morgan fingerprint density at radius 3 is 2.48 bits per heavy atom. The van der Waals surface area contributed by atoms with Gasteiger partial charge >= 0.3 is 0 Å². The normalized spacial score (nSPS) is 10.9. The first-order chi connectivity index (χ1) is 10.1. The largest absolute Gasteiger partial charge is 0.330 e. The van der Waals surface area contributed by atoms with Gasteiger partial charge in [-0.05, 0) is 44.0 Å². The van der Waals surface area contributed by atoms with Gasteiger partial charge in [-0.3, -0.25) is 4.79 Å². The highest BCUT2D eigenvalue weighted by molar-refractivity contribution is 5.95. The van der Waals surface area contributed by atoms with Crippen molar-refractivity contribution in [1.29, 1.82) is 0 Å². The van der Waals surface area contributed by atoms with E-state index in [4.69, 9.17) is 5.73 Å². The molecule has 0 aliphatic rings. The first-order valence-corrected chi connectivity index (χ1v) is 7.91. The fourth-order valence-electron chi connectivity index (χ4n) is 2.57. The van der Waals surface area contributed by atoms with Crippen LogP contribution in [0.3, 0.4) is 0 Å². The highest BCUT2D eigenvalue weighted by atomic mass is 19.1. The lowest BCUT2D eigenvalue weighted by Crippen LogP contribution is -2.37. The van der Waals surface area contributed by atoms with Crippen LogP contribution < -0.4 is 10.6 Å². The molecule has 1 amide bonds. The van der Waals surface area contributed by atoms with Crippen molar-refractivity contribution in [1.82, 2.24) is 0 Å². The third kappa shape index (κ3) is 5.46. The number of amides is 1. The molecule has 3 nitrogen and oxygen atoms in total. The van der Waals surface area contributed by atoms with Gasteiger partial charge in [-0.1, -0.05) is 32.8 Å². The molecule has 0 spiro atoms. The quantitative estimate of drug-likeness (QED) is 0.754. The van der Waals surface area contributed by atoms with Gasteiger partial charge in [0.2, 0.25) is 5.91 Å². The molecule has 0 fully saturated rings. The molecule has 1 aromatic rings. The zero-order valence-electron chi connectivity index (χ0n) is 13.1. The van der Waals surface area contributed by atoms with E-state index in [-0.39, 0.29) is 17.6 Å². The molecule has 1 aromatic carbocycles. The minimum Gasteiger partial charge on any atom is -0.330 e. The first-order valence-electron chi connectivity index (χ1n) is 7.91. The number of anilines is 1. The Bertz CT molecular complexity index is 431. The standard InChI is InChI=1S/C17H27FN2O/c1-3-7-14(8-4-2)17(21)20(12-6-11-19)16-10-5-9-15(18)13-16/h5,9-10,13-14H,3-4,6-8,11-12,19H2,1-2H3. The van der Waals surface area contributed by atoms with E-state index >= 15 is 0 Å². The number of nitrogens with two attached hydrogens (primary N) is 1. The van der Waals surface area contributed by atoms with Gasteiger partial charge in [0.15, 0.2) is 0 Å². The predicted molar refractivity (Wildman–Crippen MR) is 85.7 cm³/mol. The van der Waals surface area contributed by atoms with Crippen molar-refractivity contribution < 1.29 is 9.18 Å². The maximum absolute atomic E-state index is 13.4. The summed E-state index contributed by atoms with van der Waals surface area (Å²) in [6, 6.07) is 6.24. The topological polar surface area (TPSA) is 46.3 Å². The Kier molecular flexibility index (Phi) is 7.98. The summed E-state index contributed by atoms with van der Waals surface area (Å²) in [4.78, 5) is 14.5. The van der Waals surface area contributed by atoms with E-state index in [2.05, 4.69) is 13.8 Å². The number of benzene rings is 1. The lowest BCUT2D eigenvalue weighted by atomic mass is 9.96. The average molecular weight is 294 g/mol. The van der Waals surface area contributed by atoms with Gasteiger partial charge < -0.3 is 10.6 Å². The van der Waals surface area contributed by atoms with Crippen LogP contribution in [0, 0.1) is 11.7 Å². The van der Waals surface area contributed by atoms with E-state index in [0.717, 1.165) is 25.7 Å². The third-order valence-electron chi connectivity index (χ3n) is 3.60. The number of carbonyl (C=O) groups excluding carboxylic acids is 1. The molecule has 0 atom stereocenters. The molecule has 0 saturated carbocycles. The van der Waals surface area contributed by atoms with Crippen LogP contribution in [0.4, 0.5) is 10.1 Å². The van der Waals surface area contributed by atoms with E-state index in [9.17, 15) is 9.18 Å². The van der Waals surface area contributed by atoms with Gasteiger partial charge in [0.05, 0.1) is 0 Å². The number of carbonyl (C=O) groups is 1. The van der Waals surface area contributed by atoms with Crippen LogP contribution in [0.5, 0.6) is 0 Å². The predicted octanol–water partition coefficient (Wildman–Crippen LogP) is 3.72. The second kappa shape index (κ2) is 9.50. The summed E-state index contributed by atoms with van der Waals surface area (Å²) in [5.74, 6) is -0.209. The maximum atomic E-state index is 13.4. The maximum Gasteiger partial charge on any atom is 0.230 e. The molecule has 2 N–H and O–H groups in total. The van der Waals surface area contributed by atoms with Crippen LogP contribution in [-0.2, 0) is 4.79 Å². The molecule has 4 heteroatoms. The minimum atomic E-state index is -0.319. The van der Waals surface area contributed by atoms with Gasteiger partial charge in [0.25, 0.3) is 0 Å². The summed E-state index contributed by atoms with van der Waals surface area (Å²) >= 11 is 0. The molecule has 0 radical (unpaired) electrons. The third-order valence-corrected chi connectivity index (χ3v) is 3.60. The van der Waals surface area contributed by atoms with E-state index in [0.29, 0.717) is 25.2 Å². The second-order valence-corrected chi connectivity index (χ2v) is 5.39. The summed E-state index contributed by atoms with van der Waals surface area (Å²) in [5, 5.41) is 0. The zero-order chi connectivity index (χ0) is 15.7. The smallest absolute Gasteiger partial charge is 0.230 e. The summed E-state index contributed by atoms with van der Waals surface area (Å²) < 4.78 is 13.4. The Hall–Kier alpha value is -1.42. The van der Waals surface area contributed by atoms with Crippen LogP contribution in [0.25, 0.3) is 0 Å². The fraction of sp³-hybridized carbons (Fsp3) is 0.588. The highest BCUT2D eigenvalue weighted by Gasteiger charge is 2.24. The van der Waals surface area contributed by atoms with Gasteiger partial charge in [0, 0.05) is 18.2 Å². The van der Waals surface area contributed by atoms with Gasteiger partial charge in [-0.15, -0.1) is 0 Å². The summed E-state index contributed by atoms with van der Waals surface area (Å²) in [6.45, 7) is 5.23. The molecule has 21 heavy (non-hydrogen) atoms. The van der Waals surface area contributed by atoms with Crippen molar-refractivity contribution in [3.05, 3.63) is 30.1 Å². The van der Waals surface area contributed by atoms with Crippen molar-refractivity contribution in [3.8, 4) is 0 Å². The monoisotopic (exact) mass is 294 g/mol. The first kappa shape index (κ1) is 17.6. The number of halogens is 1. The van der Waals surface area contributed by atoms with Gasteiger partial charge in [0.1, 0.15) is 5.82 Å². The molecule has 0 bridgehead atoms. The molecular formula is C17H27FN2O. The lowest BCUT2D eigenvalue weighted by molar-refractivity contribution is -0.122. The van der Waals surface area contributed by atoms with E-state index in [1.165, 1.54) is 12.1 Å². The molecule has 0 heterocycles. The fourth-order valence-corrected chi connectivity index (χ4v) is 2.57.